The van der Waals surface area contributed by atoms with Crippen LogP contribution < -0.4 is 48.2 Å². The highest BCUT2D eigenvalue weighted by molar-refractivity contribution is 7.85. The summed E-state index contributed by atoms with van der Waals surface area (Å²) in [6.45, 7) is 13.6. The number of rotatable bonds is 15. The van der Waals surface area contributed by atoms with Gasteiger partial charge in [-0.1, -0.05) is 414 Å². The molecule has 0 saturated heterocycles. The smallest absolute Gasteiger partial charge is 0.242 e. The van der Waals surface area contributed by atoms with Crippen molar-refractivity contribution in [3.63, 3.8) is 0 Å². The largest absolute Gasteiger partial charge is 0.309 e. The molecule has 0 amide bonds. The minimum atomic E-state index is -3.17. The lowest BCUT2D eigenvalue weighted by Gasteiger charge is -2.24. The van der Waals surface area contributed by atoms with Crippen molar-refractivity contribution in [2.45, 2.75) is 41.5 Å². The van der Waals surface area contributed by atoms with E-state index in [1.165, 1.54) is 113 Å². The lowest BCUT2D eigenvalue weighted by atomic mass is 9.34. The SMILES string of the molecule is Cc1cc(C)c(B(c2ccc(-c3ccc(-c4ccc5c(c4)nc(-c4ccc(F)cc4)c4ccc6ccccc6c45)cc3)cc2)c2c(C)cc(C)cc2C)c(C)c1.O=P(c1ccccc1)(c1ccccc1)c1ccc2c(c1)nc(-c1ccc(F)cc1)c1ccc3ccccc3c12.O=P(c1ccccc1)(c1ccccc1)c1ccc2cc(-c3ccc4c(c3)nc(-c3ccc(F)cc3)c3ccc5ccccc5c34)ccc2c1. The predicted molar refractivity (Wildman–Crippen MR) is 605 cm³/mol. The summed E-state index contributed by atoms with van der Waals surface area (Å²) in [5.41, 5.74) is 26.4. The van der Waals surface area contributed by atoms with Gasteiger partial charge < -0.3 is 9.13 Å². The second-order valence-electron chi connectivity index (χ2n) is 37.8. The normalized spacial score (nSPS) is 11.7. The highest BCUT2D eigenvalue weighted by atomic mass is 31.2. The van der Waals surface area contributed by atoms with Crippen LogP contribution in [0.1, 0.15) is 33.4 Å². The summed E-state index contributed by atoms with van der Waals surface area (Å²) in [5.74, 6) is -0.814. The van der Waals surface area contributed by atoms with Gasteiger partial charge in [0.05, 0.1) is 33.6 Å². The molecule has 0 fully saturated rings. The van der Waals surface area contributed by atoms with Crippen LogP contribution in [0, 0.1) is 59.0 Å². The molecule has 0 bridgehead atoms. The standard InChI is InChI=1S/C53H43BFN.C45H29FNOP.C35H23FNOP/c1-32-27-34(3)51(35(4)28-32)54(52-36(5)29-33(2)30-37(52)6)44-21-15-39(16-22-44)38-11-13-40(14-12-38)43-20-25-47-49(31-43)56-53(42-17-23-45(55)24-18-42)48-26-19-41-9-7-8-10-46(41)50(47)48;46-36-22-17-31(18-23-36)45-42-26-20-30-9-7-8-14-40(30)44(42)41-25-21-35(29-43(41)47-45)32-15-16-34-28-39(24-19-33(34)27-32)49(48,37-10-3-1-4-11-37)38-12-5-2-6-13-38;36-26-18-15-25(16-19-26)35-32-21-17-24-9-7-8-14-30(24)34(32)31-22-20-29(23-33(31)37-35)39(38,27-10-3-1-4-11-27)28-12-5-2-6-13-28/h7-31H,1-6H3;1-29H;1-23H. The number of nitrogens with zero attached hydrogens (tertiary/aromatic N) is 3. The molecule has 3 heterocycles. The van der Waals surface area contributed by atoms with Gasteiger partial charge in [0.1, 0.15) is 17.5 Å². The van der Waals surface area contributed by atoms with E-state index in [2.05, 4.69) is 284 Å². The molecule has 0 saturated carbocycles. The number of aromatic nitrogens is 3. The van der Waals surface area contributed by atoms with E-state index in [0.717, 1.165) is 180 Å². The van der Waals surface area contributed by atoms with Crippen molar-refractivity contribution in [2.75, 3.05) is 0 Å². The third-order valence-corrected chi connectivity index (χ3v) is 34.7. The minimum absolute atomic E-state index is 0.146. The molecule has 0 aliphatic carbocycles. The lowest BCUT2D eigenvalue weighted by molar-refractivity contribution is 0.591. The van der Waals surface area contributed by atoms with E-state index >= 15 is 4.57 Å². The fourth-order valence-corrected chi connectivity index (χ4v) is 27.3. The van der Waals surface area contributed by atoms with Crippen LogP contribution in [0.15, 0.2) is 467 Å². The number of hydrogen-bond donors (Lipinski definition) is 0. The highest BCUT2D eigenvalue weighted by Gasteiger charge is 2.34. The molecule has 25 rings (SSSR count). The Bertz CT molecular complexity index is 9280. The van der Waals surface area contributed by atoms with Gasteiger partial charge in [-0.15, -0.1) is 0 Å². The summed E-state index contributed by atoms with van der Waals surface area (Å²) in [7, 11) is -6.25. The van der Waals surface area contributed by atoms with Crippen molar-refractivity contribution in [1.29, 1.82) is 0 Å². The maximum absolute atomic E-state index is 15.1. The van der Waals surface area contributed by atoms with E-state index in [-0.39, 0.29) is 24.2 Å². The average molecular weight is 1900 g/mol. The molecule has 5 nitrogen and oxygen atoms in total. The van der Waals surface area contributed by atoms with Crippen LogP contribution in [0.5, 0.6) is 0 Å². The zero-order valence-corrected chi connectivity index (χ0v) is 82.0. The summed E-state index contributed by atoms with van der Waals surface area (Å²) in [6.07, 6.45) is 0. The number of hydrogen-bond acceptors (Lipinski definition) is 5. The molecule has 22 aromatic carbocycles. The molecule has 0 atom stereocenters. The Morgan fingerprint density at radius 3 is 0.833 bits per heavy atom. The van der Waals surface area contributed by atoms with Gasteiger partial charge >= 0.3 is 0 Å². The number of benzene rings is 22. The Hall–Kier alpha value is -16.8. The van der Waals surface area contributed by atoms with E-state index in [1.807, 2.05) is 164 Å². The summed E-state index contributed by atoms with van der Waals surface area (Å²) < 4.78 is 71.8. The summed E-state index contributed by atoms with van der Waals surface area (Å²) in [5, 5.41) is 23.4. The van der Waals surface area contributed by atoms with Gasteiger partial charge in [0, 0.05) is 97.0 Å². The topological polar surface area (TPSA) is 72.8 Å². The quantitative estimate of drug-likeness (QED) is 0.0581. The first kappa shape index (κ1) is 91.0. The van der Waals surface area contributed by atoms with Crippen molar-refractivity contribution >= 4 is 177 Å². The first-order valence-electron chi connectivity index (χ1n) is 48.7. The Morgan fingerprint density at radius 2 is 0.458 bits per heavy atom. The molecule has 688 valence electrons. The van der Waals surface area contributed by atoms with E-state index in [0.29, 0.717) is 0 Å². The molecular formula is C133H95BF3N3O2P2. The average Bonchev–Trinajstić information content (AvgIpc) is 0.756. The first-order chi connectivity index (χ1) is 70.3. The van der Waals surface area contributed by atoms with Gasteiger partial charge in [-0.2, -0.15) is 0 Å². The van der Waals surface area contributed by atoms with Crippen LogP contribution in [0.2, 0.25) is 0 Å². The number of aryl methyl sites for hydroxylation is 6. The fourth-order valence-electron chi connectivity index (χ4n) is 21.9. The van der Waals surface area contributed by atoms with Crippen LogP contribution in [0.4, 0.5) is 13.2 Å². The van der Waals surface area contributed by atoms with Crippen LogP contribution in [0.3, 0.4) is 0 Å². The second kappa shape index (κ2) is 38.0. The maximum atomic E-state index is 15.1. The molecule has 0 aliphatic heterocycles. The van der Waals surface area contributed by atoms with Crippen molar-refractivity contribution in [3.05, 3.63) is 518 Å². The molecular weight excluding hydrogens is 1800 g/mol. The van der Waals surface area contributed by atoms with Crippen LogP contribution >= 0.6 is 14.3 Å². The lowest BCUT2D eigenvalue weighted by Crippen LogP contribution is -2.55. The molecule has 0 unspecified atom stereocenters. The minimum Gasteiger partial charge on any atom is -0.309 e. The summed E-state index contributed by atoms with van der Waals surface area (Å²) >= 11 is 0. The summed E-state index contributed by atoms with van der Waals surface area (Å²) in [4.78, 5) is 15.6. The zero-order chi connectivity index (χ0) is 98.0. The molecule has 0 spiro atoms. The van der Waals surface area contributed by atoms with Crippen LogP contribution in [-0.4, -0.2) is 21.7 Å². The van der Waals surface area contributed by atoms with Crippen molar-refractivity contribution in [2.24, 2.45) is 0 Å². The predicted octanol–water partition coefficient (Wildman–Crippen LogP) is 30.8. The first-order valence-corrected chi connectivity index (χ1v) is 52.1. The molecule has 0 radical (unpaired) electrons. The number of halogens is 3. The fraction of sp³-hybridized carbons (Fsp3) is 0.0451. The third-order valence-electron chi connectivity index (χ3n) is 28.6. The number of fused-ring (bicyclic) bond motifs is 16. The molecule has 25 aromatic rings. The Labute approximate surface area is 835 Å². The van der Waals surface area contributed by atoms with Gasteiger partial charge in [0.15, 0.2) is 14.3 Å². The van der Waals surface area contributed by atoms with Crippen molar-refractivity contribution in [1.82, 2.24) is 15.0 Å². The van der Waals surface area contributed by atoms with E-state index < -0.39 is 14.3 Å². The van der Waals surface area contributed by atoms with Gasteiger partial charge in [-0.25, -0.2) is 28.1 Å². The second-order valence-corrected chi connectivity index (χ2v) is 43.3. The molecule has 144 heavy (non-hydrogen) atoms. The van der Waals surface area contributed by atoms with E-state index in [9.17, 15) is 17.7 Å². The Kier molecular flexibility index (Phi) is 24.0. The maximum Gasteiger partial charge on any atom is 0.242 e. The van der Waals surface area contributed by atoms with Gasteiger partial charge in [-0.05, 0) is 221 Å². The highest BCUT2D eigenvalue weighted by Crippen LogP contribution is 2.48. The van der Waals surface area contributed by atoms with E-state index in [4.69, 9.17) is 15.0 Å². The summed E-state index contributed by atoms with van der Waals surface area (Å²) in [6, 6.07) is 156. The Morgan fingerprint density at radius 1 is 0.201 bits per heavy atom. The Balaban J connectivity index is 0.000000121. The van der Waals surface area contributed by atoms with Gasteiger partial charge in [-0.3, -0.25) is 0 Å². The van der Waals surface area contributed by atoms with Crippen LogP contribution in [0.25, 0.3) is 175 Å². The van der Waals surface area contributed by atoms with E-state index in [1.54, 1.807) is 24.3 Å². The van der Waals surface area contributed by atoms with Crippen molar-refractivity contribution in [3.8, 4) is 67.2 Å². The number of pyridine rings is 3. The van der Waals surface area contributed by atoms with Gasteiger partial charge in [0.2, 0.25) is 6.71 Å². The third kappa shape index (κ3) is 16.9. The molecule has 0 N–H and O–H groups in total. The monoisotopic (exact) mass is 1900 g/mol. The molecule has 0 aliphatic rings. The van der Waals surface area contributed by atoms with Crippen molar-refractivity contribution < 1.29 is 22.3 Å². The molecule has 3 aromatic heterocycles. The van der Waals surface area contributed by atoms with Crippen LogP contribution in [-0.2, 0) is 9.13 Å². The molecule has 11 heteroatoms. The zero-order valence-electron chi connectivity index (χ0n) is 80.2. The van der Waals surface area contributed by atoms with Gasteiger partial charge in [0.25, 0.3) is 0 Å².